The van der Waals surface area contributed by atoms with Crippen molar-refractivity contribution < 1.29 is 4.79 Å². The number of thioether (sulfide) groups is 1. The van der Waals surface area contributed by atoms with Crippen molar-refractivity contribution in [2.45, 2.75) is 11.3 Å². The molecule has 21 heavy (non-hydrogen) atoms. The van der Waals surface area contributed by atoms with E-state index in [1.807, 2.05) is 18.2 Å². The molecule has 2 aromatic carbocycles. The Bertz CT molecular complexity index is 604. The fourth-order valence-electron chi connectivity index (χ4n) is 1.75. The van der Waals surface area contributed by atoms with Crippen LogP contribution in [0.3, 0.4) is 0 Å². The Hall–Kier alpha value is -1.16. The molecule has 2 rings (SSSR count). The van der Waals surface area contributed by atoms with Crippen LogP contribution in [0, 0.1) is 0 Å². The van der Waals surface area contributed by atoms with E-state index in [2.05, 4.69) is 17.4 Å². The van der Waals surface area contributed by atoms with Crippen molar-refractivity contribution in [1.82, 2.24) is 5.32 Å². The van der Waals surface area contributed by atoms with Gasteiger partial charge in [0.2, 0.25) is 0 Å². The molecule has 0 aliphatic carbocycles. The molecule has 110 valence electrons. The number of halogens is 2. The third kappa shape index (κ3) is 5.27. The SMILES string of the molecule is O=C(NCCCSc1ccccc1)c1ccc(Cl)cc1Cl. The summed E-state index contributed by atoms with van der Waals surface area (Å²) >= 11 is 13.6. The van der Waals surface area contributed by atoms with Gasteiger partial charge in [-0.2, -0.15) is 0 Å². The molecule has 0 aliphatic rings. The maximum atomic E-state index is 12.0. The average molecular weight is 340 g/mol. The molecule has 0 aliphatic heterocycles. The summed E-state index contributed by atoms with van der Waals surface area (Å²) in [7, 11) is 0. The standard InChI is InChI=1S/C16H15Cl2NOS/c17-12-7-8-14(15(18)11-12)16(20)19-9-4-10-21-13-5-2-1-3-6-13/h1-3,5-8,11H,4,9-10H2,(H,19,20). The topological polar surface area (TPSA) is 29.1 Å². The summed E-state index contributed by atoms with van der Waals surface area (Å²) in [5, 5.41) is 3.76. The highest BCUT2D eigenvalue weighted by Gasteiger charge is 2.09. The summed E-state index contributed by atoms with van der Waals surface area (Å²) in [4.78, 5) is 13.2. The molecule has 0 bridgehead atoms. The van der Waals surface area contributed by atoms with Gasteiger partial charge < -0.3 is 5.32 Å². The van der Waals surface area contributed by atoms with Crippen molar-refractivity contribution in [1.29, 1.82) is 0 Å². The number of rotatable bonds is 6. The van der Waals surface area contributed by atoms with Crippen molar-refractivity contribution in [3.63, 3.8) is 0 Å². The van der Waals surface area contributed by atoms with Crippen LogP contribution in [0.4, 0.5) is 0 Å². The van der Waals surface area contributed by atoms with Crippen LogP contribution in [0.1, 0.15) is 16.8 Å². The molecule has 5 heteroatoms. The van der Waals surface area contributed by atoms with E-state index in [-0.39, 0.29) is 5.91 Å². The van der Waals surface area contributed by atoms with E-state index >= 15 is 0 Å². The van der Waals surface area contributed by atoms with E-state index < -0.39 is 0 Å². The lowest BCUT2D eigenvalue weighted by Gasteiger charge is -2.07. The van der Waals surface area contributed by atoms with Gasteiger partial charge in [-0.1, -0.05) is 41.4 Å². The lowest BCUT2D eigenvalue weighted by molar-refractivity contribution is 0.0954. The quantitative estimate of drug-likeness (QED) is 0.598. The zero-order valence-electron chi connectivity index (χ0n) is 11.3. The lowest BCUT2D eigenvalue weighted by atomic mass is 10.2. The van der Waals surface area contributed by atoms with Gasteiger partial charge in [-0.3, -0.25) is 4.79 Å². The fraction of sp³-hybridized carbons (Fsp3) is 0.188. The highest BCUT2D eigenvalue weighted by Crippen LogP contribution is 2.21. The normalized spacial score (nSPS) is 10.4. The molecule has 0 radical (unpaired) electrons. The van der Waals surface area contributed by atoms with Gasteiger partial charge in [0.25, 0.3) is 5.91 Å². The Balaban J connectivity index is 1.72. The molecule has 1 N–H and O–H groups in total. The van der Waals surface area contributed by atoms with Crippen molar-refractivity contribution in [3.05, 3.63) is 64.1 Å². The number of carbonyl (C=O) groups excluding carboxylic acids is 1. The molecule has 0 aromatic heterocycles. The predicted octanol–water partition coefficient (Wildman–Crippen LogP) is 4.91. The summed E-state index contributed by atoms with van der Waals surface area (Å²) in [6.07, 6.45) is 0.899. The smallest absolute Gasteiger partial charge is 0.252 e. The summed E-state index contributed by atoms with van der Waals surface area (Å²) < 4.78 is 0. The van der Waals surface area contributed by atoms with Crippen molar-refractivity contribution in [2.24, 2.45) is 0 Å². The first-order chi connectivity index (χ1) is 10.2. The minimum atomic E-state index is -0.165. The summed E-state index contributed by atoms with van der Waals surface area (Å²) in [5.41, 5.74) is 0.455. The van der Waals surface area contributed by atoms with Crippen molar-refractivity contribution >= 4 is 40.9 Å². The number of hydrogen-bond donors (Lipinski definition) is 1. The van der Waals surface area contributed by atoms with Gasteiger partial charge in [0.05, 0.1) is 10.6 Å². The fourth-order valence-corrected chi connectivity index (χ4v) is 3.12. The summed E-state index contributed by atoms with van der Waals surface area (Å²) in [5.74, 6) is 0.792. The van der Waals surface area contributed by atoms with Crippen molar-refractivity contribution in [2.75, 3.05) is 12.3 Å². The van der Waals surface area contributed by atoms with E-state index in [1.165, 1.54) is 4.90 Å². The van der Waals surface area contributed by atoms with Crippen LogP contribution >= 0.6 is 35.0 Å². The first-order valence-corrected chi connectivity index (χ1v) is 8.32. The molecular weight excluding hydrogens is 325 g/mol. The minimum Gasteiger partial charge on any atom is -0.352 e. The molecule has 1 amide bonds. The predicted molar refractivity (Wildman–Crippen MR) is 90.6 cm³/mol. The third-order valence-electron chi connectivity index (χ3n) is 2.79. The summed E-state index contributed by atoms with van der Waals surface area (Å²) in [6.45, 7) is 0.623. The first-order valence-electron chi connectivity index (χ1n) is 6.58. The molecule has 0 fully saturated rings. The van der Waals surface area contributed by atoms with E-state index in [1.54, 1.807) is 30.0 Å². The Morgan fingerprint density at radius 1 is 1.10 bits per heavy atom. The molecule has 0 saturated heterocycles. The van der Waals surface area contributed by atoms with Crippen LogP contribution in [0.15, 0.2) is 53.4 Å². The highest BCUT2D eigenvalue weighted by atomic mass is 35.5. The zero-order valence-corrected chi connectivity index (χ0v) is 13.6. The highest BCUT2D eigenvalue weighted by molar-refractivity contribution is 7.99. The number of nitrogens with one attached hydrogen (secondary N) is 1. The monoisotopic (exact) mass is 339 g/mol. The van der Waals surface area contributed by atoms with Crippen LogP contribution < -0.4 is 5.32 Å². The second kappa shape index (κ2) is 8.32. The maximum absolute atomic E-state index is 12.0. The van der Waals surface area contributed by atoms with Crippen LogP contribution in [-0.4, -0.2) is 18.2 Å². The molecule has 2 nitrogen and oxygen atoms in total. The molecule has 0 saturated carbocycles. The second-order valence-electron chi connectivity index (χ2n) is 4.40. The van der Waals surface area contributed by atoms with E-state index in [4.69, 9.17) is 23.2 Å². The molecule has 0 unspecified atom stereocenters. The Kier molecular flexibility index (Phi) is 6.43. The molecule has 0 heterocycles. The first kappa shape index (κ1) is 16.2. The van der Waals surface area contributed by atoms with E-state index in [0.29, 0.717) is 22.2 Å². The molecule has 0 spiro atoms. The zero-order chi connectivity index (χ0) is 15.1. The lowest BCUT2D eigenvalue weighted by Crippen LogP contribution is -2.25. The van der Waals surface area contributed by atoms with Gasteiger partial charge >= 0.3 is 0 Å². The van der Waals surface area contributed by atoms with Gasteiger partial charge in [-0.25, -0.2) is 0 Å². The van der Waals surface area contributed by atoms with Crippen molar-refractivity contribution in [3.8, 4) is 0 Å². The second-order valence-corrected chi connectivity index (χ2v) is 6.41. The number of hydrogen-bond acceptors (Lipinski definition) is 2. The third-order valence-corrected chi connectivity index (χ3v) is 4.44. The number of amides is 1. The molecular formula is C16H15Cl2NOS. The Morgan fingerprint density at radius 2 is 1.86 bits per heavy atom. The maximum Gasteiger partial charge on any atom is 0.252 e. The average Bonchev–Trinajstić information content (AvgIpc) is 2.47. The minimum absolute atomic E-state index is 0.165. The van der Waals surface area contributed by atoms with Gasteiger partial charge in [-0.15, -0.1) is 11.8 Å². The van der Waals surface area contributed by atoms with E-state index in [0.717, 1.165) is 12.2 Å². The summed E-state index contributed by atoms with van der Waals surface area (Å²) in [6, 6.07) is 15.1. The number of carbonyl (C=O) groups is 1. The largest absolute Gasteiger partial charge is 0.352 e. The van der Waals surface area contributed by atoms with Gasteiger partial charge in [-0.05, 0) is 42.5 Å². The molecule has 0 atom stereocenters. The Morgan fingerprint density at radius 3 is 2.57 bits per heavy atom. The van der Waals surface area contributed by atoms with Gasteiger partial charge in [0.1, 0.15) is 0 Å². The van der Waals surface area contributed by atoms with Crippen LogP contribution in [0.5, 0.6) is 0 Å². The van der Waals surface area contributed by atoms with Crippen LogP contribution in [0.2, 0.25) is 10.0 Å². The molecule has 2 aromatic rings. The van der Waals surface area contributed by atoms with Gasteiger partial charge in [0, 0.05) is 16.5 Å². The van der Waals surface area contributed by atoms with E-state index in [9.17, 15) is 4.79 Å². The Labute approximate surface area is 138 Å². The van der Waals surface area contributed by atoms with Crippen LogP contribution in [-0.2, 0) is 0 Å². The number of benzene rings is 2. The van der Waals surface area contributed by atoms with Crippen LogP contribution in [0.25, 0.3) is 0 Å². The van der Waals surface area contributed by atoms with Gasteiger partial charge in [0.15, 0.2) is 0 Å².